The van der Waals surface area contributed by atoms with Crippen molar-refractivity contribution < 1.29 is 38.1 Å². The van der Waals surface area contributed by atoms with Crippen molar-refractivity contribution in [1.82, 2.24) is 9.96 Å². The fraction of sp³-hybridized carbons (Fsp3) is 0.469. The molecule has 2 unspecified atom stereocenters. The van der Waals surface area contributed by atoms with E-state index in [1.54, 1.807) is 19.9 Å². The zero-order valence-corrected chi connectivity index (χ0v) is 27.8. The van der Waals surface area contributed by atoms with E-state index in [0.717, 1.165) is 5.56 Å². The number of rotatable bonds is 19. The van der Waals surface area contributed by atoms with Crippen LogP contribution in [0.25, 0.3) is 0 Å². The molecule has 0 aliphatic carbocycles. The number of esters is 1. The van der Waals surface area contributed by atoms with Gasteiger partial charge in [0, 0.05) is 49.3 Å². The van der Waals surface area contributed by atoms with Gasteiger partial charge in [-0.05, 0) is 40.3 Å². The Hall–Kier alpha value is -3.38. The predicted molar refractivity (Wildman–Crippen MR) is 171 cm³/mol. The summed E-state index contributed by atoms with van der Waals surface area (Å²) < 4.78 is 36.5. The molecule has 0 amide bonds. The molecule has 0 bridgehead atoms. The van der Waals surface area contributed by atoms with Crippen LogP contribution in [-0.2, 0) is 45.3 Å². The molecule has 3 rings (SSSR count). The molecule has 12 nitrogen and oxygen atoms in total. The molecule has 0 radical (unpaired) electrons. The third-order valence-corrected chi connectivity index (χ3v) is 8.34. The molecule has 13 heteroatoms. The molecule has 0 N–H and O–H groups in total. The van der Waals surface area contributed by atoms with E-state index in [0.29, 0.717) is 44.3 Å². The van der Waals surface area contributed by atoms with Gasteiger partial charge in [0.2, 0.25) is 0 Å². The lowest BCUT2D eigenvalue weighted by Gasteiger charge is -2.44. The largest absolute Gasteiger partial charge is 0.461 e. The highest BCUT2D eigenvalue weighted by atomic mass is 31.1. The first kappa shape index (κ1) is 36.1. The highest BCUT2D eigenvalue weighted by Crippen LogP contribution is 2.52. The smallest absolute Gasteiger partial charge is 0.339 e. The molecule has 0 saturated heterocycles. The molecule has 0 fully saturated rings. The minimum Gasteiger partial charge on any atom is -0.461 e. The number of carbonyl (C=O) groups is 1. The summed E-state index contributed by atoms with van der Waals surface area (Å²) in [5.41, 5.74) is 0.218. The van der Waals surface area contributed by atoms with Crippen molar-refractivity contribution in [3.63, 3.8) is 0 Å². The molecule has 246 valence electrons. The highest BCUT2D eigenvalue weighted by molar-refractivity contribution is 7.29. The Labute approximate surface area is 265 Å². The second-order valence-electron chi connectivity index (χ2n) is 10.3. The molecular weight excluding hydrogens is 601 g/mol. The van der Waals surface area contributed by atoms with E-state index >= 15 is 0 Å². The van der Waals surface area contributed by atoms with Gasteiger partial charge in [0.25, 0.3) is 5.69 Å². The van der Waals surface area contributed by atoms with Crippen LogP contribution in [-0.4, -0.2) is 80.7 Å². The Balaban J connectivity index is 2.08. The Bertz CT molecular complexity index is 1370. The standard InChI is InChI=1S/C32H44N3O9P/c1-6-40-18-20-43-32(27-14-11-15-28(22-27)35(37)38)29(24(3)34(25(4)30(32)45-39)44-21-19-41-7-2)31(36)42-17-16-33(5)23-26-12-9-8-10-13-26/h8-15,22H,6-7,16-21,23,45H2,1-5H3. The topological polar surface area (TPSA) is 130 Å². The van der Waals surface area contributed by atoms with Crippen LogP contribution in [0.4, 0.5) is 5.69 Å². The summed E-state index contributed by atoms with van der Waals surface area (Å²) in [5, 5.41) is 13.5. The van der Waals surface area contributed by atoms with E-state index in [4.69, 9.17) is 23.8 Å². The van der Waals surface area contributed by atoms with Gasteiger partial charge in [0.15, 0.2) is 5.60 Å². The van der Waals surface area contributed by atoms with E-state index in [2.05, 4.69) is 0 Å². The first-order valence-electron chi connectivity index (χ1n) is 15.0. The van der Waals surface area contributed by atoms with Crippen molar-refractivity contribution in [3.8, 4) is 0 Å². The number of nitro groups is 1. The summed E-state index contributed by atoms with van der Waals surface area (Å²) in [6, 6.07) is 15.7. The zero-order valence-electron chi connectivity index (χ0n) is 26.7. The van der Waals surface area contributed by atoms with E-state index in [1.165, 1.54) is 23.3 Å². The van der Waals surface area contributed by atoms with Gasteiger partial charge in [-0.1, -0.05) is 42.5 Å². The van der Waals surface area contributed by atoms with Gasteiger partial charge in [-0.25, -0.2) is 9.86 Å². The van der Waals surface area contributed by atoms with Gasteiger partial charge in [-0.2, -0.15) is 0 Å². The summed E-state index contributed by atoms with van der Waals surface area (Å²) in [4.78, 5) is 33.5. The fourth-order valence-electron chi connectivity index (χ4n) is 5.20. The Kier molecular flexibility index (Phi) is 14.4. The van der Waals surface area contributed by atoms with Gasteiger partial charge in [-0.3, -0.25) is 19.9 Å². The number of hydroxylamine groups is 2. The summed E-state index contributed by atoms with van der Waals surface area (Å²) in [6.45, 7) is 9.81. The van der Waals surface area contributed by atoms with Crippen molar-refractivity contribution in [2.45, 2.75) is 39.8 Å². The van der Waals surface area contributed by atoms with Crippen LogP contribution in [0.5, 0.6) is 0 Å². The predicted octanol–water partition coefficient (Wildman–Crippen LogP) is 5.06. The average molecular weight is 646 g/mol. The maximum atomic E-state index is 14.2. The maximum Gasteiger partial charge on any atom is 0.339 e. The number of carbonyl (C=O) groups excluding carboxylic acids is 1. The van der Waals surface area contributed by atoms with Gasteiger partial charge >= 0.3 is 5.97 Å². The van der Waals surface area contributed by atoms with Crippen LogP contribution in [0.3, 0.4) is 0 Å². The second kappa shape index (κ2) is 17.9. The van der Waals surface area contributed by atoms with Crippen molar-refractivity contribution >= 4 is 20.1 Å². The molecule has 1 aliphatic rings. The number of ether oxygens (including phenoxy) is 4. The third kappa shape index (κ3) is 9.09. The number of hydrogen-bond acceptors (Lipinski definition) is 11. The molecule has 1 heterocycles. The number of nitro benzene ring substituents is 1. The van der Waals surface area contributed by atoms with E-state index in [-0.39, 0.29) is 48.6 Å². The van der Waals surface area contributed by atoms with Crippen LogP contribution in [0.2, 0.25) is 0 Å². The fourth-order valence-corrected chi connectivity index (χ4v) is 6.05. The van der Waals surface area contributed by atoms with Crippen molar-refractivity contribution in [1.29, 1.82) is 0 Å². The Morgan fingerprint density at radius 1 is 0.956 bits per heavy atom. The van der Waals surface area contributed by atoms with Crippen LogP contribution in [0.1, 0.15) is 38.8 Å². The molecule has 0 saturated carbocycles. The number of non-ortho nitro benzene ring substituents is 1. The molecule has 0 aromatic heterocycles. The third-order valence-electron chi connectivity index (χ3n) is 7.28. The quantitative estimate of drug-likeness (QED) is 0.0668. The van der Waals surface area contributed by atoms with Gasteiger partial charge in [-0.15, -0.1) is 0 Å². The number of hydrogen-bond donors (Lipinski definition) is 0. The highest BCUT2D eigenvalue weighted by Gasteiger charge is 2.52. The minimum absolute atomic E-state index is 0.00181. The molecule has 1 aliphatic heterocycles. The molecule has 2 aromatic carbocycles. The molecule has 0 spiro atoms. The van der Waals surface area contributed by atoms with Gasteiger partial charge in [0.05, 0.1) is 56.8 Å². The van der Waals surface area contributed by atoms with Crippen molar-refractivity contribution in [3.05, 3.63) is 98.1 Å². The number of allylic oxidation sites excluding steroid dienone is 2. The summed E-state index contributed by atoms with van der Waals surface area (Å²) >= 11 is 0. The number of likely N-dealkylation sites (N-methyl/N-ethyl adjacent to an activating group) is 1. The lowest BCUT2D eigenvalue weighted by Crippen LogP contribution is -2.45. The van der Waals surface area contributed by atoms with Crippen molar-refractivity contribution in [2.24, 2.45) is 0 Å². The lowest BCUT2D eigenvalue weighted by molar-refractivity contribution is -0.385. The normalized spacial score (nSPS) is 17.2. The van der Waals surface area contributed by atoms with Gasteiger partial charge in [0.1, 0.15) is 6.61 Å². The SMILES string of the molecule is CCOCCON1C(C)=C([PH2]=O)C(OCCOCC)(c2cccc([N+](=O)[O-])c2)C(C(=O)OCCN(C)Cc2ccccc2)=C1C. The first-order valence-corrected chi connectivity index (χ1v) is 16.0. The van der Waals surface area contributed by atoms with Crippen LogP contribution in [0, 0.1) is 10.1 Å². The van der Waals surface area contributed by atoms with Crippen LogP contribution >= 0.6 is 8.46 Å². The number of benzene rings is 2. The monoisotopic (exact) mass is 645 g/mol. The van der Waals surface area contributed by atoms with Crippen LogP contribution < -0.4 is 0 Å². The van der Waals surface area contributed by atoms with E-state index < -0.39 is 25.0 Å². The van der Waals surface area contributed by atoms with E-state index in [1.807, 2.05) is 56.1 Å². The Morgan fingerprint density at radius 2 is 1.64 bits per heavy atom. The molecule has 45 heavy (non-hydrogen) atoms. The number of nitrogens with zero attached hydrogens (tertiary/aromatic N) is 3. The average Bonchev–Trinajstić information content (AvgIpc) is 3.03. The molecule has 2 aromatic rings. The zero-order chi connectivity index (χ0) is 32.8. The van der Waals surface area contributed by atoms with Crippen LogP contribution in [0.15, 0.2) is 76.9 Å². The maximum absolute atomic E-state index is 14.2. The lowest BCUT2D eigenvalue weighted by atomic mass is 9.81. The van der Waals surface area contributed by atoms with Gasteiger partial charge < -0.3 is 23.5 Å². The second-order valence-corrected chi connectivity index (χ2v) is 11.1. The van der Waals surface area contributed by atoms with E-state index in [9.17, 15) is 19.5 Å². The summed E-state index contributed by atoms with van der Waals surface area (Å²) in [6.07, 6.45) is 0. The minimum atomic E-state index is -1.76. The first-order chi connectivity index (χ1) is 21.7. The molecular formula is C32H44N3O9P. The van der Waals surface area contributed by atoms with Crippen molar-refractivity contribution in [2.75, 3.05) is 59.8 Å². The summed E-state index contributed by atoms with van der Waals surface area (Å²) in [5.74, 6) is -0.722. The summed E-state index contributed by atoms with van der Waals surface area (Å²) in [7, 11) is 0.214. The molecule has 2 atom stereocenters. The Morgan fingerprint density at radius 3 is 2.29 bits per heavy atom.